The molecular formula is C19H21N5O3S. The van der Waals surface area contributed by atoms with Crippen molar-refractivity contribution in [1.82, 2.24) is 18.8 Å². The van der Waals surface area contributed by atoms with Gasteiger partial charge in [0.2, 0.25) is 10.0 Å². The number of sulfonamides is 1. The first-order valence-electron chi connectivity index (χ1n) is 8.93. The maximum Gasteiger partial charge on any atom is 0.246 e. The van der Waals surface area contributed by atoms with Gasteiger partial charge < -0.3 is 14.2 Å². The van der Waals surface area contributed by atoms with E-state index in [-0.39, 0.29) is 4.90 Å². The van der Waals surface area contributed by atoms with Gasteiger partial charge in [0.15, 0.2) is 0 Å². The van der Waals surface area contributed by atoms with E-state index in [4.69, 9.17) is 4.74 Å². The minimum absolute atomic E-state index is 0.197. The number of methoxy groups -OCH3 is 1. The topological polar surface area (TPSA) is 80.6 Å². The molecule has 146 valence electrons. The van der Waals surface area contributed by atoms with E-state index in [0.717, 1.165) is 11.6 Å². The summed E-state index contributed by atoms with van der Waals surface area (Å²) in [5, 5.41) is 0. The maximum atomic E-state index is 13.0. The smallest absolute Gasteiger partial charge is 0.246 e. The summed E-state index contributed by atoms with van der Waals surface area (Å²) < 4.78 is 34.7. The summed E-state index contributed by atoms with van der Waals surface area (Å²) in [5.41, 5.74) is 0. The van der Waals surface area contributed by atoms with Gasteiger partial charge in [-0.15, -0.1) is 0 Å². The fourth-order valence-electron chi connectivity index (χ4n) is 3.27. The summed E-state index contributed by atoms with van der Waals surface area (Å²) in [6.45, 7) is 1.86. The second-order valence-corrected chi connectivity index (χ2v) is 8.27. The van der Waals surface area contributed by atoms with Gasteiger partial charge in [0.05, 0.1) is 7.11 Å². The van der Waals surface area contributed by atoms with E-state index in [0.29, 0.717) is 31.9 Å². The van der Waals surface area contributed by atoms with Crippen molar-refractivity contribution in [3.8, 4) is 11.6 Å². The van der Waals surface area contributed by atoms with E-state index >= 15 is 0 Å². The fourth-order valence-corrected chi connectivity index (χ4v) is 4.85. The standard InChI is InChI=1S/C19H21N5O3S/c1-27-16-6-2-3-7-17(16)28(25,26)24-12-10-23(11-13-24)19-14-18(20-15-21-19)22-8-4-5-9-22/h2-9,14-15H,10-13H2,1H3. The average molecular weight is 399 g/mol. The number of hydrogen-bond acceptors (Lipinski definition) is 6. The third-order valence-electron chi connectivity index (χ3n) is 4.76. The molecule has 4 rings (SSSR count). The second-order valence-electron chi connectivity index (χ2n) is 6.37. The van der Waals surface area contributed by atoms with Crippen molar-refractivity contribution in [3.05, 3.63) is 61.2 Å². The van der Waals surface area contributed by atoms with Crippen molar-refractivity contribution >= 4 is 15.8 Å². The molecule has 1 aliphatic heterocycles. The lowest BCUT2D eigenvalue weighted by Gasteiger charge is -2.34. The zero-order chi connectivity index (χ0) is 19.6. The van der Waals surface area contributed by atoms with Gasteiger partial charge in [0, 0.05) is 44.6 Å². The molecule has 1 fully saturated rings. The predicted octanol–water partition coefficient (Wildman–Crippen LogP) is 1.79. The number of nitrogens with zero attached hydrogens (tertiary/aromatic N) is 5. The van der Waals surface area contributed by atoms with Crippen LogP contribution in [0.2, 0.25) is 0 Å². The maximum absolute atomic E-state index is 13.0. The number of para-hydroxylation sites is 1. The van der Waals surface area contributed by atoms with E-state index in [1.165, 1.54) is 17.7 Å². The number of piperazine rings is 1. The number of ether oxygens (including phenoxy) is 1. The zero-order valence-corrected chi connectivity index (χ0v) is 16.3. The Kier molecular flexibility index (Phi) is 5.01. The highest BCUT2D eigenvalue weighted by Crippen LogP contribution is 2.27. The van der Waals surface area contributed by atoms with E-state index in [2.05, 4.69) is 14.9 Å². The highest BCUT2D eigenvalue weighted by molar-refractivity contribution is 7.89. The molecule has 0 aliphatic carbocycles. The van der Waals surface area contributed by atoms with Crippen LogP contribution in [0.5, 0.6) is 5.75 Å². The van der Waals surface area contributed by atoms with Gasteiger partial charge in [-0.3, -0.25) is 0 Å². The third-order valence-corrected chi connectivity index (χ3v) is 6.69. The molecular weight excluding hydrogens is 378 g/mol. The molecule has 9 heteroatoms. The van der Waals surface area contributed by atoms with Gasteiger partial charge >= 0.3 is 0 Å². The van der Waals surface area contributed by atoms with Crippen LogP contribution >= 0.6 is 0 Å². The summed E-state index contributed by atoms with van der Waals surface area (Å²) in [7, 11) is -2.13. The molecule has 1 aromatic carbocycles. The third kappa shape index (κ3) is 3.46. The van der Waals surface area contributed by atoms with Crippen LogP contribution in [0.4, 0.5) is 5.82 Å². The van der Waals surface area contributed by atoms with Crippen LogP contribution in [0.1, 0.15) is 0 Å². The predicted molar refractivity (Wildman–Crippen MR) is 105 cm³/mol. The lowest BCUT2D eigenvalue weighted by atomic mass is 10.3. The highest BCUT2D eigenvalue weighted by Gasteiger charge is 2.31. The Labute approximate surface area is 164 Å². The number of hydrogen-bond donors (Lipinski definition) is 0. The van der Waals surface area contributed by atoms with Crippen molar-refractivity contribution in [1.29, 1.82) is 0 Å². The molecule has 0 unspecified atom stereocenters. The quantitative estimate of drug-likeness (QED) is 0.651. The van der Waals surface area contributed by atoms with Crippen molar-refractivity contribution in [2.45, 2.75) is 4.90 Å². The highest BCUT2D eigenvalue weighted by atomic mass is 32.2. The van der Waals surface area contributed by atoms with Crippen LogP contribution in [-0.2, 0) is 10.0 Å². The van der Waals surface area contributed by atoms with Crippen LogP contribution in [0.15, 0.2) is 66.1 Å². The van der Waals surface area contributed by atoms with Gasteiger partial charge in [-0.05, 0) is 24.3 Å². The molecule has 0 amide bonds. The van der Waals surface area contributed by atoms with Gasteiger partial charge in [-0.2, -0.15) is 4.31 Å². The van der Waals surface area contributed by atoms with Gasteiger partial charge in [-0.25, -0.2) is 18.4 Å². The monoisotopic (exact) mass is 399 g/mol. The van der Waals surface area contributed by atoms with E-state index in [1.54, 1.807) is 24.3 Å². The molecule has 2 aromatic heterocycles. The molecule has 8 nitrogen and oxygen atoms in total. The van der Waals surface area contributed by atoms with Gasteiger partial charge in [0.1, 0.15) is 28.6 Å². The van der Waals surface area contributed by atoms with E-state index < -0.39 is 10.0 Å². The number of anilines is 1. The number of rotatable bonds is 5. The molecule has 3 heterocycles. The summed E-state index contributed by atoms with van der Waals surface area (Å²) in [4.78, 5) is 10.9. The second kappa shape index (κ2) is 7.61. The van der Waals surface area contributed by atoms with Crippen LogP contribution in [0.3, 0.4) is 0 Å². The zero-order valence-electron chi connectivity index (χ0n) is 15.5. The first-order valence-corrected chi connectivity index (χ1v) is 10.4. The van der Waals surface area contributed by atoms with Crippen LogP contribution in [0, 0.1) is 0 Å². The van der Waals surface area contributed by atoms with Crippen LogP contribution < -0.4 is 9.64 Å². The summed E-state index contributed by atoms with van der Waals surface area (Å²) >= 11 is 0. The summed E-state index contributed by atoms with van der Waals surface area (Å²) in [6.07, 6.45) is 5.37. The Morgan fingerprint density at radius 2 is 1.61 bits per heavy atom. The SMILES string of the molecule is COc1ccccc1S(=O)(=O)N1CCN(c2cc(-n3cccc3)ncn2)CC1. The minimum Gasteiger partial charge on any atom is -0.495 e. The van der Waals surface area contributed by atoms with Crippen molar-refractivity contribution in [3.63, 3.8) is 0 Å². The Morgan fingerprint density at radius 1 is 0.929 bits per heavy atom. The lowest BCUT2D eigenvalue weighted by molar-refractivity contribution is 0.373. The Morgan fingerprint density at radius 3 is 2.32 bits per heavy atom. The summed E-state index contributed by atoms with van der Waals surface area (Å²) in [5.74, 6) is 1.92. The van der Waals surface area contributed by atoms with Crippen molar-refractivity contribution < 1.29 is 13.2 Å². The lowest BCUT2D eigenvalue weighted by Crippen LogP contribution is -2.49. The Bertz CT molecular complexity index is 1040. The fraction of sp³-hybridized carbons (Fsp3) is 0.263. The molecule has 0 spiro atoms. The Hall–Kier alpha value is -2.91. The largest absolute Gasteiger partial charge is 0.495 e. The van der Waals surface area contributed by atoms with Gasteiger partial charge in [-0.1, -0.05) is 12.1 Å². The Balaban J connectivity index is 1.50. The normalized spacial score (nSPS) is 15.5. The molecule has 28 heavy (non-hydrogen) atoms. The van der Waals surface area contributed by atoms with Gasteiger partial charge in [0.25, 0.3) is 0 Å². The summed E-state index contributed by atoms with van der Waals surface area (Å²) in [6, 6.07) is 12.5. The molecule has 0 N–H and O–H groups in total. The van der Waals surface area contributed by atoms with Crippen LogP contribution in [0.25, 0.3) is 5.82 Å². The molecule has 3 aromatic rings. The van der Waals surface area contributed by atoms with Crippen molar-refractivity contribution in [2.24, 2.45) is 0 Å². The van der Waals surface area contributed by atoms with E-state index in [1.807, 2.05) is 35.2 Å². The minimum atomic E-state index is -3.61. The molecule has 1 aliphatic rings. The number of benzene rings is 1. The number of aromatic nitrogens is 3. The molecule has 0 saturated carbocycles. The van der Waals surface area contributed by atoms with Crippen molar-refractivity contribution in [2.75, 3.05) is 38.2 Å². The molecule has 0 bridgehead atoms. The molecule has 1 saturated heterocycles. The molecule has 0 atom stereocenters. The molecule has 0 radical (unpaired) electrons. The first kappa shape index (κ1) is 18.5. The average Bonchev–Trinajstić information content (AvgIpc) is 3.29. The first-order chi connectivity index (χ1) is 13.6. The van der Waals surface area contributed by atoms with E-state index in [9.17, 15) is 8.42 Å². The van der Waals surface area contributed by atoms with Crippen LogP contribution in [-0.4, -0.2) is 60.5 Å².